The van der Waals surface area contributed by atoms with Crippen LogP contribution in [0.15, 0.2) is 24.3 Å². The molecule has 0 aromatic heterocycles. The summed E-state index contributed by atoms with van der Waals surface area (Å²) in [5.74, 6) is -6.25. The molecule has 2 saturated heterocycles. The van der Waals surface area contributed by atoms with Gasteiger partial charge in [0.05, 0.1) is 38.1 Å². The van der Waals surface area contributed by atoms with Gasteiger partial charge in [-0.1, -0.05) is 18.2 Å². The number of carboxylic acids is 1. The topological polar surface area (TPSA) is 369 Å². The lowest BCUT2D eigenvalue weighted by atomic mass is 9.88. The predicted octanol–water partition coefficient (Wildman–Crippen LogP) is -6.85. The van der Waals surface area contributed by atoms with E-state index in [2.05, 4.69) is 5.32 Å². The number of nitrogens with one attached hydrogen (secondary N) is 1. The monoisotopic (exact) mass is 752 g/mol. The number of benzene rings is 1. The molecule has 3 rings (SSSR count). The third-order valence-electron chi connectivity index (χ3n) is 8.92. The molecule has 0 spiro atoms. The molecule has 21 heteroatoms. The summed E-state index contributed by atoms with van der Waals surface area (Å²) < 4.78 is 22.0. The van der Waals surface area contributed by atoms with Gasteiger partial charge in [0.15, 0.2) is 6.29 Å². The van der Waals surface area contributed by atoms with Gasteiger partial charge in [-0.05, 0) is 24.5 Å². The van der Waals surface area contributed by atoms with Crippen LogP contribution in [-0.2, 0) is 35.0 Å². The minimum Gasteiger partial charge on any atom is -0.477 e. The molecule has 5 unspecified atom stereocenters. The van der Waals surface area contributed by atoms with Crippen molar-refractivity contribution in [2.24, 2.45) is 5.73 Å². The van der Waals surface area contributed by atoms with Gasteiger partial charge in [0.2, 0.25) is 11.8 Å². The number of rotatable bonds is 18. The second-order valence-electron chi connectivity index (χ2n) is 12.7. The summed E-state index contributed by atoms with van der Waals surface area (Å²) in [7, 11) is 0. The number of amides is 2. The Hall–Kier alpha value is -2.97. The molecule has 1 aromatic rings. The Morgan fingerprint density at radius 2 is 1.60 bits per heavy atom. The molecular weight excluding hydrogens is 704 g/mol. The zero-order valence-corrected chi connectivity index (χ0v) is 27.9. The van der Waals surface area contributed by atoms with Crippen molar-refractivity contribution in [3.8, 4) is 0 Å². The molecule has 0 saturated carbocycles. The smallest absolute Gasteiger partial charge is 0.364 e. The summed E-state index contributed by atoms with van der Waals surface area (Å²) in [5, 5.41) is 127. The van der Waals surface area contributed by atoms with E-state index >= 15 is 0 Å². The first kappa shape index (κ1) is 43.4. The van der Waals surface area contributed by atoms with Gasteiger partial charge in [0.1, 0.15) is 61.0 Å². The molecular formula is C31H48N2O19. The Labute approximate surface area is 296 Å². The van der Waals surface area contributed by atoms with Crippen LogP contribution in [0.5, 0.6) is 0 Å². The van der Waals surface area contributed by atoms with Gasteiger partial charge in [-0.2, -0.15) is 0 Å². The highest BCUT2D eigenvalue weighted by molar-refractivity contribution is 5.94. The summed E-state index contributed by atoms with van der Waals surface area (Å²) in [4.78, 5) is 36.0. The Kier molecular flexibility index (Phi) is 15.8. The van der Waals surface area contributed by atoms with Crippen LogP contribution < -0.4 is 11.1 Å². The first-order valence-electron chi connectivity index (χ1n) is 16.2. The van der Waals surface area contributed by atoms with Crippen LogP contribution >= 0.6 is 0 Å². The summed E-state index contributed by atoms with van der Waals surface area (Å²) in [6.45, 7) is -2.05. The second-order valence-corrected chi connectivity index (χ2v) is 12.7. The molecule has 2 heterocycles. The standard InChI is InChI=1S/C31H48N2O19/c1-12(36)33-20-16(38)8-31(30(47)48,52-27(20)22(42)17(39)9-34)49-11-19-23(43)24(44)25(45)29(50-19)51-26(18(40)10-35)21(41)15(37)7-6-13-4-2-3-5-14(13)28(32)46/h2-5,15-27,29,34-35,37-45H,6-11H2,1H3,(H2,32,46)(H,33,36)(H,47,48)/t15?,16-,17-,18?,19?,20-,21-,22-,23+,24+,25?,26-,27?,29+,31-/m1/s1. The van der Waals surface area contributed by atoms with E-state index in [1.807, 2.05) is 0 Å². The molecule has 15 atom stereocenters. The largest absolute Gasteiger partial charge is 0.477 e. The highest BCUT2D eigenvalue weighted by atomic mass is 16.7. The maximum atomic E-state index is 12.5. The van der Waals surface area contributed by atoms with Crippen LogP contribution in [0.1, 0.15) is 35.7 Å². The number of primary amides is 1. The van der Waals surface area contributed by atoms with E-state index in [1.54, 1.807) is 18.2 Å². The fourth-order valence-electron chi connectivity index (χ4n) is 5.99. The number of nitrogens with two attached hydrogens (primary N) is 1. The van der Waals surface area contributed by atoms with E-state index in [-0.39, 0.29) is 18.4 Å². The number of carbonyl (C=O) groups excluding carboxylic acids is 2. The van der Waals surface area contributed by atoms with Crippen molar-refractivity contribution in [3.63, 3.8) is 0 Å². The van der Waals surface area contributed by atoms with Gasteiger partial charge in [0, 0.05) is 18.9 Å². The number of hydrogen-bond acceptors (Lipinski definition) is 18. The van der Waals surface area contributed by atoms with Gasteiger partial charge in [-0.15, -0.1) is 0 Å². The summed E-state index contributed by atoms with van der Waals surface area (Å²) in [6, 6.07) is 4.69. The Bertz CT molecular complexity index is 1340. The van der Waals surface area contributed by atoms with Gasteiger partial charge in [0.25, 0.3) is 5.79 Å². The molecule has 21 nitrogen and oxygen atoms in total. The molecule has 2 aliphatic rings. The average molecular weight is 753 g/mol. The predicted molar refractivity (Wildman–Crippen MR) is 168 cm³/mol. The SMILES string of the molecule is CC(=O)N[C@H]1C([C@H](O)[C@H](O)CO)O[C@@](OCC2O[C@@H](O[C@H](C(O)CO)[C@H](O)C(O)CCc3ccccc3C(N)=O)C(O)[C@@H](O)[C@H]2O)(C(=O)O)C[C@H]1O. The van der Waals surface area contributed by atoms with Gasteiger partial charge in [-0.25, -0.2) is 4.79 Å². The normalized spacial score (nSPS) is 32.9. The third-order valence-corrected chi connectivity index (χ3v) is 8.92. The van der Waals surface area contributed by atoms with Crippen molar-refractivity contribution in [2.45, 2.75) is 118 Å². The molecule has 2 fully saturated rings. The summed E-state index contributed by atoms with van der Waals surface area (Å²) in [6.07, 6.45) is -26.5. The molecule has 1 aromatic carbocycles. The molecule has 52 heavy (non-hydrogen) atoms. The first-order valence-corrected chi connectivity index (χ1v) is 16.2. The van der Waals surface area contributed by atoms with Crippen LogP contribution in [-0.4, -0.2) is 190 Å². The molecule has 0 radical (unpaired) electrons. The van der Waals surface area contributed by atoms with Gasteiger partial charge >= 0.3 is 5.97 Å². The molecule has 2 amide bonds. The lowest BCUT2D eigenvalue weighted by molar-refractivity contribution is -0.349. The molecule has 0 aliphatic carbocycles. The van der Waals surface area contributed by atoms with Crippen LogP contribution in [0.2, 0.25) is 0 Å². The van der Waals surface area contributed by atoms with E-state index in [4.69, 9.17) is 24.7 Å². The van der Waals surface area contributed by atoms with Crippen molar-refractivity contribution in [1.82, 2.24) is 5.32 Å². The van der Waals surface area contributed by atoms with Crippen molar-refractivity contribution in [2.75, 3.05) is 19.8 Å². The number of aliphatic hydroxyl groups excluding tert-OH is 11. The maximum absolute atomic E-state index is 12.5. The number of aliphatic carboxylic acids is 1. The van der Waals surface area contributed by atoms with E-state index < -0.39 is 135 Å². The highest BCUT2D eigenvalue weighted by Crippen LogP contribution is 2.35. The van der Waals surface area contributed by atoms with Crippen LogP contribution in [0.4, 0.5) is 0 Å². The number of hydrogen-bond donors (Lipinski definition) is 14. The quantitative estimate of drug-likeness (QED) is 0.0662. The fourth-order valence-corrected chi connectivity index (χ4v) is 5.99. The molecule has 0 bridgehead atoms. The number of aryl methyl sites for hydroxylation is 1. The Morgan fingerprint density at radius 3 is 2.17 bits per heavy atom. The minimum atomic E-state index is -2.88. The zero-order valence-electron chi connectivity index (χ0n) is 27.9. The molecule has 2 aliphatic heterocycles. The van der Waals surface area contributed by atoms with E-state index in [9.17, 15) is 75.7 Å². The number of carbonyl (C=O) groups is 3. The van der Waals surface area contributed by atoms with Crippen molar-refractivity contribution < 1.29 is 94.6 Å². The molecule has 296 valence electrons. The number of aliphatic hydroxyl groups is 11. The van der Waals surface area contributed by atoms with Gasteiger partial charge in [-0.3, -0.25) is 9.59 Å². The van der Waals surface area contributed by atoms with E-state index in [0.29, 0.717) is 5.56 Å². The Balaban J connectivity index is 1.80. The lowest BCUT2D eigenvalue weighted by Crippen LogP contribution is -2.68. The second kappa shape index (κ2) is 18.9. The maximum Gasteiger partial charge on any atom is 0.364 e. The number of ether oxygens (including phenoxy) is 4. The zero-order chi connectivity index (χ0) is 39.1. The van der Waals surface area contributed by atoms with Gasteiger partial charge < -0.3 is 91.3 Å². The van der Waals surface area contributed by atoms with Crippen LogP contribution in [0.3, 0.4) is 0 Å². The fraction of sp³-hybridized carbons (Fsp3) is 0.710. The summed E-state index contributed by atoms with van der Waals surface area (Å²) >= 11 is 0. The minimum absolute atomic E-state index is 0.0106. The van der Waals surface area contributed by atoms with Crippen molar-refractivity contribution >= 4 is 17.8 Å². The number of carboxylic acid groups (broad SMARTS) is 1. The van der Waals surface area contributed by atoms with Crippen molar-refractivity contribution in [1.29, 1.82) is 0 Å². The average Bonchev–Trinajstić information content (AvgIpc) is 3.11. The van der Waals surface area contributed by atoms with Crippen molar-refractivity contribution in [3.05, 3.63) is 35.4 Å². The third kappa shape index (κ3) is 10.2. The summed E-state index contributed by atoms with van der Waals surface area (Å²) in [5.41, 5.74) is 5.97. The van der Waals surface area contributed by atoms with Crippen LogP contribution in [0, 0.1) is 0 Å². The van der Waals surface area contributed by atoms with Crippen LogP contribution in [0.25, 0.3) is 0 Å². The molecule has 15 N–H and O–H groups in total. The van der Waals surface area contributed by atoms with E-state index in [1.165, 1.54) is 6.07 Å². The first-order chi connectivity index (χ1) is 24.4. The Morgan fingerprint density at radius 1 is 0.962 bits per heavy atom. The highest BCUT2D eigenvalue weighted by Gasteiger charge is 2.57. The lowest BCUT2D eigenvalue weighted by Gasteiger charge is -2.47. The van der Waals surface area contributed by atoms with E-state index in [0.717, 1.165) is 6.92 Å².